The summed E-state index contributed by atoms with van der Waals surface area (Å²) in [5, 5.41) is 2.67. The highest BCUT2D eigenvalue weighted by atomic mass is 19.3. The molecule has 162 valence electrons. The summed E-state index contributed by atoms with van der Waals surface area (Å²) in [5.74, 6) is -1.30. The van der Waals surface area contributed by atoms with Gasteiger partial charge >= 0.3 is 6.61 Å². The van der Waals surface area contributed by atoms with Gasteiger partial charge in [-0.25, -0.2) is 0 Å². The third-order valence-electron chi connectivity index (χ3n) is 5.22. The number of carbonyl (C=O) groups excluding carboxylic acids is 3. The number of nitrogens with zero attached hydrogens (tertiary/aromatic N) is 1. The molecular formula is C22H20F2N2O5. The normalized spacial score (nSPS) is 17.9. The molecule has 2 heterocycles. The van der Waals surface area contributed by atoms with Crippen molar-refractivity contribution in [3.63, 3.8) is 0 Å². The van der Waals surface area contributed by atoms with Gasteiger partial charge in [-0.05, 0) is 48.7 Å². The van der Waals surface area contributed by atoms with Gasteiger partial charge in [-0.3, -0.25) is 19.3 Å². The number of imide groups is 1. The largest absolute Gasteiger partial charge is 0.435 e. The van der Waals surface area contributed by atoms with Gasteiger partial charge in [0.25, 0.3) is 17.7 Å². The number of hydrogen-bond acceptors (Lipinski definition) is 5. The molecule has 2 aromatic rings. The van der Waals surface area contributed by atoms with E-state index in [2.05, 4.69) is 10.1 Å². The molecule has 0 aromatic heterocycles. The van der Waals surface area contributed by atoms with Gasteiger partial charge in [0.2, 0.25) is 0 Å². The van der Waals surface area contributed by atoms with E-state index >= 15 is 0 Å². The summed E-state index contributed by atoms with van der Waals surface area (Å²) in [7, 11) is 0. The van der Waals surface area contributed by atoms with Crippen LogP contribution in [-0.4, -0.2) is 48.5 Å². The van der Waals surface area contributed by atoms with Crippen LogP contribution in [0.1, 0.15) is 49.5 Å². The molecule has 9 heteroatoms. The first-order valence-corrected chi connectivity index (χ1v) is 9.86. The van der Waals surface area contributed by atoms with E-state index in [9.17, 15) is 23.2 Å². The van der Waals surface area contributed by atoms with Crippen molar-refractivity contribution in [2.45, 2.75) is 32.1 Å². The van der Waals surface area contributed by atoms with Crippen LogP contribution >= 0.6 is 0 Å². The van der Waals surface area contributed by atoms with E-state index in [0.717, 1.165) is 17.7 Å². The monoisotopic (exact) mass is 430 g/mol. The zero-order valence-corrected chi connectivity index (χ0v) is 16.5. The standard InChI is InChI=1S/C22H20F2N2O5/c23-22(24)31-15-4-1-3-13(9-15)11-25-19(27)14-6-7-17-18(10-14)21(29)26(20(17)28)12-16-5-2-8-30-16/h1,3-4,6-7,9-10,16,22H,2,5,8,11-12H2,(H,25,27). The molecule has 1 N–H and O–H groups in total. The Morgan fingerprint density at radius 1 is 1.16 bits per heavy atom. The molecule has 2 aliphatic rings. The first-order chi connectivity index (χ1) is 14.9. The van der Waals surface area contributed by atoms with E-state index in [1.165, 1.54) is 30.3 Å². The number of carbonyl (C=O) groups is 3. The van der Waals surface area contributed by atoms with Gasteiger partial charge < -0.3 is 14.8 Å². The summed E-state index contributed by atoms with van der Waals surface area (Å²) in [6, 6.07) is 10.3. The van der Waals surface area contributed by atoms with Crippen LogP contribution in [0.3, 0.4) is 0 Å². The SMILES string of the molecule is O=C(NCc1cccc(OC(F)F)c1)c1ccc2c(c1)C(=O)N(CC1CCCO1)C2=O. The van der Waals surface area contributed by atoms with Crippen molar-refractivity contribution in [2.24, 2.45) is 0 Å². The molecule has 1 fully saturated rings. The van der Waals surface area contributed by atoms with E-state index < -0.39 is 24.3 Å². The second kappa shape index (κ2) is 8.81. The van der Waals surface area contributed by atoms with Gasteiger partial charge in [-0.1, -0.05) is 12.1 Å². The summed E-state index contributed by atoms with van der Waals surface area (Å²) < 4.78 is 34.5. The lowest BCUT2D eigenvalue weighted by atomic mass is 10.1. The average Bonchev–Trinajstić information content (AvgIpc) is 3.35. The highest BCUT2D eigenvalue weighted by Crippen LogP contribution is 2.26. The Morgan fingerprint density at radius 2 is 1.97 bits per heavy atom. The van der Waals surface area contributed by atoms with Gasteiger partial charge in [0.1, 0.15) is 5.75 Å². The number of hydrogen-bond donors (Lipinski definition) is 1. The summed E-state index contributed by atoms with van der Waals surface area (Å²) in [5.41, 5.74) is 1.24. The molecule has 0 saturated carbocycles. The maximum absolute atomic E-state index is 12.7. The number of amides is 3. The molecule has 3 amide bonds. The second-order valence-corrected chi connectivity index (χ2v) is 7.32. The van der Waals surface area contributed by atoms with Crippen LogP contribution < -0.4 is 10.1 Å². The average molecular weight is 430 g/mol. The quantitative estimate of drug-likeness (QED) is 0.683. The van der Waals surface area contributed by atoms with Crippen LogP contribution in [0.25, 0.3) is 0 Å². The van der Waals surface area contributed by atoms with Crippen LogP contribution in [0.15, 0.2) is 42.5 Å². The molecule has 1 atom stereocenters. The number of alkyl halides is 2. The van der Waals surface area contributed by atoms with Crippen molar-refractivity contribution in [1.82, 2.24) is 10.2 Å². The summed E-state index contributed by atoms with van der Waals surface area (Å²) in [4.78, 5) is 39.0. The van der Waals surface area contributed by atoms with Gasteiger partial charge in [0.15, 0.2) is 0 Å². The molecule has 0 spiro atoms. The molecule has 0 radical (unpaired) electrons. The molecular weight excluding hydrogens is 410 g/mol. The minimum Gasteiger partial charge on any atom is -0.435 e. The predicted octanol–water partition coefficient (Wildman–Crippen LogP) is 2.99. The number of fused-ring (bicyclic) bond motifs is 1. The molecule has 1 saturated heterocycles. The van der Waals surface area contributed by atoms with Crippen LogP contribution in [0.2, 0.25) is 0 Å². The fraction of sp³-hybridized carbons (Fsp3) is 0.318. The zero-order valence-electron chi connectivity index (χ0n) is 16.5. The molecule has 31 heavy (non-hydrogen) atoms. The molecule has 0 aliphatic carbocycles. The Hall–Kier alpha value is -3.33. The number of rotatable bonds is 7. The third-order valence-corrected chi connectivity index (χ3v) is 5.22. The van der Waals surface area contributed by atoms with Gasteiger partial charge in [0.05, 0.1) is 23.8 Å². The first kappa shape index (κ1) is 20.9. The van der Waals surface area contributed by atoms with Crippen molar-refractivity contribution in [3.05, 3.63) is 64.7 Å². The molecule has 0 bridgehead atoms. The summed E-state index contributed by atoms with van der Waals surface area (Å²) >= 11 is 0. The summed E-state index contributed by atoms with van der Waals surface area (Å²) in [6.07, 6.45) is 1.54. The second-order valence-electron chi connectivity index (χ2n) is 7.32. The van der Waals surface area contributed by atoms with Crippen molar-refractivity contribution >= 4 is 17.7 Å². The Kier molecular flexibility index (Phi) is 5.94. The molecule has 2 aromatic carbocycles. The highest BCUT2D eigenvalue weighted by Gasteiger charge is 2.37. The maximum atomic E-state index is 12.7. The fourth-order valence-corrected chi connectivity index (χ4v) is 3.71. The van der Waals surface area contributed by atoms with E-state index in [1.54, 1.807) is 12.1 Å². The van der Waals surface area contributed by atoms with Gasteiger partial charge in [-0.15, -0.1) is 0 Å². The van der Waals surface area contributed by atoms with E-state index in [-0.39, 0.29) is 41.6 Å². The minimum atomic E-state index is -2.93. The van der Waals surface area contributed by atoms with Crippen molar-refractivity contribution < 1.29 is 32.6 Å². The van der Waals surface area contributed by atoms with Crippen molar-refractivity contribution in [2.75, 3.05) is 13.2 Å². The number of halogens is 2. The number of nitrogens with one attached hydrogen (secondary N) is 1. The highest BCUT2D eigenvalue weighted by molar-refractivity contribution is 6.22. The predicted molar refractivity (Wildman–Crippen MR) is 105 cm³/mol. The smallest absolute Gasteiger partial charge is 0.387 e. The minimum absolute atomic E-state index is 0.00489. The molecule has 2 aliphatic heterocycles. The Morgan fingerprint density at radius 3 is 2.71 bits per heavy atom. The lowest BCUT2D eigenvalue weighted by Gasteiger charge is -2.17. The van der Waals surface area contributed by atoms with Crippen LogP contribution in [0, 0.1) is 0 Å². The fourth-order valence-electron chi connectivity index (χ4n) is 3.71. The van der Waals surface area contributed by atoms with E-state index in [4.69, 9.17) is 4.74 Å². The van der Waals surface area contributed by atoms with Crippen LogP contribution in [0.5, 0.6) is 5.75 Å². The van der Waals surface area contributed by atoms with E-state index in [0.29, 0.717) is 12.2 Å². The van der Waals surface area contributed by atoms with Crippen LogP contribution in [0.4, 0.5) is 8.78 Å². The number of benzene rings is 2. The maximum Gasteiger partial charge on any atom is 0.387 e. The Labute approximate surface area is 176 Å². The first-order valence-electron chi connectivity index (χ1n) is 9.86. The molecule has 4 rings (SSSR count). The Balaban J connectivity index is 1.42. The van der Waals surface area contributed by atoms with Crippen molar-refractivity contribution in [1.29, 1.82) is 0 Å². The summed E-state index contributed by atoms with van der Waals surface area (Å²) in [6.45, 7) is -2.04. The molecule has 7 nitrogen and oxygen atoms in total. The molecule has 1 unspecified atom stereocenters. The van der Waals surface area contributed by atoms with Gasteiger partial charge in [-0.2, -0.15) is 8.78 Å². The number of ether oxygens (including phenoxy) is 2. The lowest BCUT2D eigenvalue weighted by molar-refractivity contribution is -0.0499. The lowest BCUT2D eigenvalue weighted by Crippen LogP contribution is -2.36. The topological polar surface area (TPSA) is 84.9 Å². The zero-order chi connectivity index (χ0) is 22.0. The van der Waals surface area contributed by atoms with Crippen LogP contribution in [-0.2, 0) is 11.3 Å². The van der Waals surface area contributed by atoms with Gasteiger partial charge in [0, 0.05) is 18.7 Å². The Bertz CT molecular complexity index is 1020. The van der Waals surface area contributed by atoms with E-state index in [1.807, 2.05) is 0 Å². The third kappa shape index (κ3) is 4.56. The van der Waals surface area contributed by atoms with Crippen molar-refractivity contribution in [3.8, 4) is 5.75 Å².